The van der Waals surface area contributed by atoms with E-state index in [4.69, 9.17) is 0 Å². The molecule has 142 valence electrons. The monoisotopic (exact) mass is 366 g/mol. The van der Waals surface area contributed by atoms with Gasteiger partial charge in [-0.3, -0.25) is 14.6 Å². The molecule has 27 heavy (non-hydrogen) atoms. The molecular formula is C21H26N4O2. The van der Waals surface area contributed by atoms with E-state index in [1.807, 2.05) is 35.2 Å². The molecule has 1 aromatic heterocycles. The SMILES string of the molecule is O=C(NCC1CCCN(C(=O)c2cccc3cccnc23)C1)C1CCCN1. The van der Waals surface area contributed by atoms with Crippen LogP contribution in [-0.4, -0.2) is 53.9 Å². The van der Waals surface area contributed by atoms with Crippen LogP contribution in [0, 0.1) is 5.92 Å². The lowest BCUT2D eigenvalue weighted by Crippen LogP contribution is -2.46. The van der Waals surface area contributed by atoms with Crippen molar-refractivity contribution in [1.82, 2.24) is 20.5 Å². The van der Waals surface area contributed by atoms with Gasteiger partial charge in [0.25, 0.3) is 5.91 Å². The van der Waals surface area contributed by atoms with Gasteiger partial charge in [-0.2, -0.15) is 0 Å². The van der Waals surface area contributed by atoms with Crippen molar-refractivity contribution in [2.75, 3.05) is 26.2 Å². The molecule has 2 unspecified atom stereocenters. The molecule has 2 N–H and O–H groups in total. The fourth-order valence-electron chi connectivity index (χ4n) is 4.14. The lowest BCUT2D eigenvalue weighted by molar-refractivity contribution is -0.123. The van der Waals surface area contributed by atoms with Crippen LogP contribution in [0.2, 0.25) is 0 Å². The number of pyridine rings is 1. The maximum absolute atomic E-state index is 13.1. The van der Waals surface area contributed by atoms with Gasteiger partial charge in [0.15, 0.2) is 0 Å². The fourth-order valence-corrected chi connectivity index (χ4v) is 4.14. The van der Waals surface area contributed by atoms with Crippen molar-refractivity contribution in [2.24, 2.45) is 5.92 Å². The van der Waals surface area contributed by atoms with Gasteiger partial charge in [-0.25, -0.2) is 0 Å². The largest absolute Gasteiger partial charge is 0.354 e. The first kappa shape index (κ1) is 17.9. The van der Waals surface area contributed by atoms with Crippen LogP contribution in [0.3, 0.4) is 0 Å². The van der Waals surface area contributed by atoms with E-state index in [1.54, 1.807) is 6.20 Å². The second-order valence-corrected chi connectivity index (χ2v) is 7.53. The van der Waals surface area contributed by atoms with Crippen LogP contribution in [0.5, 0.6) is 0 Å². The number of hydrogen-bond donors (Lipinski definition) is 2. The van der Waals surface area contributed by atoms with E-state index < -0.39 is 0 Å². The molecule has 2 aliphatic heterocycles. The molecule has 6 nitrogen and oxygen atoms in total. The quantitative estimate of drug-likeness (QED) is 0.867. The molecule has 4 rings (SSSR count). The Labute approximate surface area is 159 Å². The molecular weight excluding hydrogens is 340 g/mol. The summed E-state index contributed by atoms with van der Waals surface area (Å²) in [6.07, 6.45) is 5.70. The van der Waals surface area contributed by atoms with E-state index in [-0.39, 0.29) is 17.9 Å². The van der Waals surface area contributed by atoms with E-state index in [2.05, 4.69) is 15.6 Å². The highest BCUT2D eigenvalue weighted by molar-refractivity contribution is 6.05. The summed E-state index contributed by atoms with van der Waals surface area (Å²) < 4.78 is 0. The first-order valence-corrected chi connectivity index (χ1v) is 9.86. The van der Waals surface area contributed by atoms with Crippen molar-refractivity contribution >= 4 is 22.7 Å². The number of fused-ring (bicyclic) bond motifs is 1. The Morgan fingerprint density at radius 1 is 1.19 bits per heavy atom. The zero-order valence-electron chi connectivity index (χ0n) is 15.5. The molecule has 0 radical (unpaired) electrons. The van der Waals surface area contributed by atoms with Gasteiger partial charge in [-0.05, 0) is 50.3 Å². The predicted molar refractivity (Wildman–Crippen MR) is 104 cm³/mol. The summed E-state index contributed by atoms with van der Waals surface area (Å²) in [4.78, 5) is 31.6. The summed E-state index contributed by atoms with van der Waals surface area (Å²) in [7, 11) is 0. The number of para-hydroxylation sites is 1. The van der Waals surface area contributed by atoms with Crippen molar-refractivity contribution in [3.05, 3.63) is 42.1 Å². The van der Waals surface area contributed by atoms with Gasteiger partial charge in [0.05, 0.1) is 17.1 Å². The standard InChI is InChI=1S/C21H26N4O2/c26-20(18-9-3-10-22-18)24-13-15-5-4-12-25(14-15)21(27)17-8-1-6-16-7-2-11-23-19(16)17/h1-2,6-8,11,15,18,22H,3-5,9-10,12-14H2,(H,24,26). The van der Waals surface area contributed by atoms with E-state index in [0.29, 0.717) is 24.6 Å². The maximum atomic E-state index is 13.1. The fraction of sp³-hybridized carbons (Fsp3) is 0.476. The van der Waals surface area contributed by atoms with Gasteiger partial charge in [-0.1, -0.05) is 18.2 Å². The third-order valence-corrected chi connectivity index (χ3v) is 5.61. The minimum Gasteiger partial charge on any atom is -0.354 e. The zero-order valence-corrected chi connectivity index (χ0v) is 15.5. The molecule has 3 heterocycles. The van der Waals surface area contributed by atoms with Crippen LogP contribution in [0.1, 0.15) is 36.0 Å². The van der Waals surface area contributed by atoms with E-state index in [1.165, 1.54) is 0 Å². The number of carbonyl (C=O) groups excluding carboxylic acids is 2. The minimum absolute atomic E-state index is 0.0350. The van der Waals surface area contributed by atoms with E-state index in [0.717, 1.165) is 49.7 Å². The van der Waals surface area contributed by atoms with Gasteiger partial charge in [0.1, 0.15) is 0 Å². The molecule has 0 saturated carbocycles. The lowest BCUT2D eigenvalue weighted by Gasteiger charge is -2.33. The summed E-state index contributed by atoms with van der Waals surface area (Å²) in [5.74, 6) is 0.429. The minimum atomic E-state index is -0.0481. The van der Waals surface area contributed by atoms with Gasteiger partial charge < -0.3 is 15.5 Å². The third-order valence-electron chi connectivity index (χ3n) is 5.61. The summed E-state index contributed by atoms with van der Waals surface area (Å²) in [6, 6.07) is 9.56. The molecule has 2 fully saturated rings. The van der Waals surface area contributed by atoms with Crippen molar-refractivity contribution in [3.8, 4) is 0 Å². The molecule has 2 atom stereocenters. The average molecular weight is 366 g/mol. The molecule has 0 spiro atoms. The first-order chi connectivity index (χ1) is 13.2. The Kier molecular flexibility index (Phi) is 5.34. The van der Waals surface area contributed by atoms with Crippen LogP contribution in [0.4, 0.5) is 0 Å². The molecule has 1 aromatic carbocycles. The topological polar surface area (TPSA) is 74.3 Å². The number of amides is 2. The van der Waals surface area contributed by atoms with Gasteiger partial charge >= 0.3 is 0 Å². The highest BCUT2D eigenvalue weighted by atomic mass is 16.2. The van der Waals surface area contributed by atoms with Crippen LogP contribution < -0.4 is 10.6 Å². The smallest absolute Gasteiger partial charge is 0.256 e. The molecule has 2 saturated heterocycles. The molecule has 2 aliphatic rings. The van der Waals surface area contributed by atoms with Crippen LogP contribution in [-0.2, 0) is 4.79 Å². The van der Waals surface area contributed by atoms with Gasteiger partial charge in [-0.15, -0.1) is 0 Å². The average Bonchev–Trinajstić information content (AvgIpc) is 3.26. The molecule has 2 amide bonds. The second-order valence-electron chi connectivity index (χ2n) is 7.53. The Bertz CT molecular complexity index is 827. The third kappa shape index (κ3) is 3.95. The number of aromatic nitrogens is 1. The van der Waals surface area contributed by atoms with Gasteiger partial charge in [0, 0.05) is 31.2 Å². The number of likely N-dealkylation sites (tertiary alicyclic amines) is 1. The zero-order chi connectivity index (χ0) is 18.6. The number of nitrogens with zero attached hydrogens (tertiary/aromatic N) is 2. The number of nitrogens with one attached hydrogen (secondary N) is 2. The summed E-state index contributed by atoms with van der Waals surface area (Å²) >= 11 is 0. The predicted octanol–water partition coefficient (Wildman–Crippen LogP) is 1.96. The van der Waals surface area contributed by atoms with Crippen molar-refractivity contribution < 1.29 is 9.59 Å². The molecule has 6 heteroatoms. The van der Waals surface area contributed by atoms with E-state index >= 15 is 0 Å². The summed E-state index contributed by atoms with van der Waals surface area (Å²) in [5.41, 5.74) is 1.42. The Morgan fingerprint density at radius 3 is 2.93 bits per heavy atom. The Balaban J connectivity index is 1.40. The molecule has 0 bridgehead atoms. The van der Waals surface area contributed by atoms with Crippen molar-refractivity contribution in [3.63, 3.8) is 0 Å². The lowest BCUT2D eigenvalue weighted by atomic mass is 9.96. The normalized spacial score (nSPS) is 22.7. The van der Waals surface area contributed by atoms with Crippen LogP contribution in [0.25, 0.3) is 10.9 Å². The van der Waals surface area contributed by atoms with Crippen LogP contribution >= 0.6 is 0 Å². The first-order valence-electron chi connectivity index (χ1n) is 9.86. The molecule has 0 aliphatic carbocycles. The van der Waals surface area contributed by atoms with Crippen LogP contribution in [0.15, 0.2) is 36.5 Å². The summed E-state index contributed by atoms with van der Waals surface area (Å²) in [5, 5.41) is 7.28. The number of carbonyl (C=O) groups is 2. The number of piperidine rings is 1. The maximum Gasteiger partial charge on any atom is 0.256 e. The molecule has 2 aromatic rings. The van der Waals surface area contributed by atoms with Gasteiger partial charge in [0.2, 0.25) is 5.91 Å². The second kappa shape index (κ2) is 8.05. The van der Waals surface area contributed by atoms with Crippen molar-refractivity contribution in [2.45, 2.75) is 31.7 Å². The Morgan fingerprint density at radius 2 is 2.07 bits per heavy atom. The van der Waals surface area contributed by atoms with Crippen molar-refractivity contribution in [1.29, 1.82) is 0 Å². The summed E-state index contributed by atoms with van der Waals surface area (Å²) in [6.45, 7) is 2.99. The van der Waals surface area contributed by atoms with E-state index in [9.17, 15) is 9.59 Å². The number of benzene rings is 1. The highest BCUT2D eigenvalue weighted by Crippen LogP contribution is 2.22. The Hall–Kier alpha value is -2.47. The number of rotatable bonds is 4. The number of hydrogen-bond acceptors (Lipinski definition) is 4. The highest BCUT2D eigenvalue weighted by Gasteiger charge is 2.27.